The number of nitrogens with zero attached hydrogens (tertiary/aromatic N) is 6. The summed E-state index contributed by atoms with van der Waals surface area (Å²) in [7, 11) is 1.84. The number of hydrogen-bond donors (Lipinski definition) is 0. The van der Waals surface area contributed by atoms with Gasteiger partial charge in [-0.1, -0.05) is 12.1 Å². The summed E-state index contributed by atoms with van der Waals surface area (Å²) in [5.74, 6) is -0.405. The third-order valence-electron chi connectivity index (χ3n) is 8.35. The van der Waals surface area contributed by atoms with Crippen molar-refractivity contribution >= 4 is 11.9 Å². The van der Waals surface area contributed by atoms with Gasteiger partial charge in [-0.3, -0.25) is 13.9 Å². The fourth-order valence-electron chi connectivity index (χ4n) is 6.00. The number of fused-ring (bicyclic) bond motifs is 1. The molecule has 0 spiro atoms. The second-order valence-electron chi connectivity index (χ2n) is 11.2. The molecule has 2 saturated heterocycles. The molecule has 0 atom stereocenters. The average molecular weight is 595 g/mol. The van der Waals surface area contributed by atoms with E-state index in [1.165, 1.54) is 21.9 Å². The number of halogens is 6. The average Bonchev–Trinajstić information content (AvgIpc) is 3.46. The number of imidazole rings is 1. The smallest absolute Gasteiger partial charge is 0.379 e. The van der Waals surface area contributed by atoms with Crippen LogP contribution >= 0.6 is 0 Å². The highest BCUT2D eigenvalue weighted by Gasteiger charge is 2.46. The lowest BCUT2D eigenvalue weighted by Gasteiger charge is -2.42. The van der Waals surface area contributed by atoms with Crippen molar-refractivity contribution in [3.63, 3.8) is 0 Å². The number of azo groups is 1. The molecule has 42 heavy (non-hydrogen) atoms. The van der Waals surface area contributed by atoms with E-state index in [0.29, 0.717) is 25.3 Å². The molecule has 0 bridgehead atoms. The van der Waals surface area contributed by atoms with Crippen LogP contribution in [0.15, 0.2) is 57.7 Å². The molecule has 2 aromatic heterocycles. The molecule has 3 aliphatic heterocycles. The maximum absolute atomic E-state index is 14.3. The molecule has 1 radical (unpaired) electrons. The van der Waals surface area contributed by atoms with Crippen molar-refractivity contribution in [3.8, 4) is 5.69 Å². The summed E-state index contributed by atoms with van der Waals surface area (Å²) in [6.07, 6.45) is -3.11. The molecular weight excluding hydrogens is 566 g/mol. The molecule has 3 aromatic rings. The van der Waals surface area contributed by atoms with Crippen LogP contribution in [0.4, 0.5) is 26.3 Å². The largest absolute Gasteiger partial charge is 0.418 e. The fraction of sp³-hybridized carbons (Fsp3) is 0.464. The van der Waals surface area contributed by atoms with Crippen molar-refractivity contribution in [3.05, 3.63) is 76.1 Å². The number of aromatic nitrogens is 2. The van der Waals surface area contributed by atoms with Gasteiger partial charge < -0.3 is 4.74 Å². The molecule has 0 amide bonds. The van der Waals surface area contributed by atoms with Crippen molar-refractivity contribution in [2.24, 2.45) is 10.2 Å². The lowest BCUT2D eigenvalue weighted by atomic mass is 9.75. The lowest BCUT2D eigenvalue weighted by Crippen LogP contribution is -2.48. The van der Waals surface area contributed by atoms with Crippen LogP contribution in [0.3, 0.4) is 0 Å². The minimum absolute atomic E-state index is 0.103. The summed E-state index contributed by atoms with van der Waals surface area (Å²) < 4.78 is 90.7. The summed E-state index contributed by atoms with van der Waals surface area (Å²) in [5, 5.41) is 8.10. The van der Waals surface area contributed by atoms with Crippen LogP contribution in [-0.4, -0.2) is 70.9 Å². The van der Waals surface area contributed by atoms with Crippen molar-refractivity contribution in [2.75, 3.05) is 39.9 Å². The first-order valence-corrected chi connectivity index (χ1v) is 13.5. The Labute approximate surface area is 236 Å². The van der Waals surface area contributed by atoms with E-state index in [2.05, 4.69) is 10.2 Å². The Morgan fingerprint density at radius 1 is 1.07 bits per heavy atom. The van der Waals surface area contributed by atoms with Gasteiger partial charge in [-0.25, -0.2) is 9.37 Å². The van der Waals surface area contributed by atoms with E-state index in [9.17, 15) is 31.1 Å². The monoisotopic (exact) mass is 594 g/mol. The van der Waals surface area contributed by atoms with Gasteiger partial charge in [0, 0.05) is 24.2 Å². The van der Waals surface area contributed by atoms with Crippen molar-refractivity contribution < 1.29 is 35.7 Å². The van der Waals surface area contributed by atoms with Crippen LogP contribution in [0.5, 0.6) is 0 Å². The first-order valence-electron chi connectivity index (χ1n) is 13.5. The van der Waals surface area contributed by atoms with Crippen LogP contribution in [0, 0.1) is 6.17 Å². The highest BCUT2D eigenvalue weighted by Crippen LogP contribution is 2.41. The Bertz CT molecular complexity index is 1610. The molecule has 6 rings (SSSR count). The summed E-state index contributed by atoms with van der Waals surface area (Å²) in [5.41, 5.74) is -0.808. The minimum Gasteiger partial charge on any atom is -0.379 e. The molecule has 2 fully saturated rings. The zero-order valence-electron chi connectivity index (χ0n) is 22.6. The van der Waals surface area contributed by atoms with E-state index in [-0.39, 0.29) is 37.0 Å². The number of hydrogen-bond acceptors (Lipinski definition) is 5. The minimum atomic E-state index is -4.75. The van der Waals surface area contributed by atoms with Crippen LogP contribution in [0.1, 0.15) is 41.9 Å². The topological polar surface area (TPSA) is 66.6 Å². The van der Waals surface area contributed by atoms with E-state index >= 15 is 0 Å². The predicted octanol–water partition coefficient (Wildman–Crippen LogP) is 5.13. The molecule has 1 aromatic carbocycles. The van der Waals surface area contributed by atoms with Gasteiger partial charge in [-0.15, -0.1) is 0 Å². The van der Waals surface area contributed by atoms with Crippen molar-refractivity contribution in [2.45, 2.75) is 42.9 Å². The first-order chi connectivity index (χ1) is 19.8. The van der Waals surface area contributed by atoms with E-state index in [0.717, 1.165) is 22.2 Å². The number of rotatable bonds is 6. The van der Waals surface area contributed by atoms with Gasteiger partial charge in [0.25, 0.3) is 0 Å². The van der Waals surface area contributed by atoms with Crippen LogP contribution in [0.2, 0.25) is 0 Å². The molecule has 8 nitrogen and oxygen atoms in total. The lowest BCUT2D eigenvalue weighted by molar-refractivity contribution is -0.478. The van der Waals surface area contributed by atoms with Gasteiger partial charge in [-0.2, -0.15) is 26.3 Å². The Balaban J connectivity index is 1.35. The number of alkyl halides is 6. The molecular formula is C28H28F6N6O2+. The second-order valence-corrected chi connectivity index (χ2v) is 11.2. The van der Waals surface area contributed by atoms with Gasteiger partial charge >= 0.3 is 30.5 Å². The van der Waals surface area contributed by atoms with Crippen LogP contribution in [0.25, 0.3) is 11.2 Å². The standard InChI is InChI=1S/C28H28F6N6O2/c1-37-17-35-36-24(37)11-26(15-42-16-26)20-3-2-4-21(10-20)39-13-23-22(28(32,33)34)9-19(12-40(23)25(39)41)18-5-7-38(8-6-18)14-27(29,30)31/h2-4,9-10,12-13,17-18H,5-8,11,14-16H2,1H3/q+1. The van der Waals surface area contributed by atoms with Crippen molar-refractivity contribution in [1.29, 1.82) is 0 Å². The summed E-state index contributed by atoms with van der Waals surface area (Å²) in [6, 6.07) is 8.12. The molecule has 14 heteroatoms. The molecule has 5 heterocycles. The van der Waals surface area contributed by atoms with Gasteiger partial charge in [0.15, 0.2) is 0 Å². The van der Waals surface area contributed by atoms with E-state index in [1.807, 2.05) is 17.7 Å². The number of ether oxygens (including phenoxy) is 1. The summed E-state index contributed by atoms with van der Waals surface area (Å²) >= 11 is 0. The van der Waals surface area contributed by atoms with E-state index in [1.54, 1.807) is 24.5 Å². The molecule has 3 aliphatic rings. The zero-order valence-corrected chi connectivity index (χ0v) is 22.6. The normalized spacial score (nSPS) is 20.3. The third-order valence-corrected chi connectivity index (χ3v) is 8.35. The van der Waals surface area contributed by atoms with Crippen LogP contribution < -0.4 is 5.69 Å². The molecule has 0 saturated carbocycles. The van der Waals surface area contributed by atoms with Gasteiger partial charge in [-0.05, 0) is 66.3 Å². The summed E-state index contributed by atoms with van der Waals surface area (Å²) in [4.78, 5) is 14.8. The maximum Gasteiger partial charge on any atom is 0.418 e. The third kappa shape index (κ3) is 5.37. The Hall–Kier alpha value is -3.52. The molecule has 0 N–H and O–H groups in total. The van der Waals surface area contributed by atoms with Crippen LogP contribution in [-0.2, 0) is 16.3 Å². The number of piperidine rings is 1. The van der Waals surface area contributed by atoms with Gasteiger partial charge in [0.1, 0.15) is 0 Å². The molecule has 0 aliphatic carbocycles. The SMILES string of the molecule is C[N+]1=CN=N[C]1CC1(c2cccc(-n3cc4c(C(F)(F)F)cc(C5CCN(CC(F)(F)F)CC5)cn4c3=O)c2)COC1. The van der Waals surface area contributed by atoms with Crippen molar-refractivity contribution in [1.82, 2.24) is 13.9 Å². The Kier molecular flexibility index (Phi) is 7.03. The van der Waals surface area contributed by atoms with E-state index in [4.69, 9.17) is 4.74 Å². The van der Waals surface area contributed by atoms with E-state index < -0.39 is 41.5 Å². The van der Waals surface area contributed by atoms with Gasteiger partial charge in [0.2, 0.25) is 0 Å². The maximum atomic E-state index is 14.3. The zero-order chi connectivity index (χ0) is 29.9. The summed E-state index contributed by atoms with van der Waals surface area (Å²) in [6.45, 7) is -0.0172. The number of likely N-dealkylation sites (tertiary alicyclic amines) is 1. The Morgan fingerprint density at radius 2 is 1.81 bits per heavy atom. The quantitative estimate of drug-likeness (QED) is 0.294. The number of benzene rings is 1. The molecule has 223 valence electrons. The first kappa shape index (κ1) is 28.6. The van der Waals surface area contributed by atoms with Gasteiger partial charge in [0.05, 0.1) is 48.7 Å². The molecule has 0 unspecified atom stereocenters. The fourth-order valence-corrected chi connectivity index (χ4v) is 6.00. The number of pyridine rings is 1. The highest BCUT2D eigenvalue weighted by atomic mass is 19.4. The predicted molar refractivity (Wildman–Crippen MR) is 140 cm³/mol. The second kappa shape index (κ2) is 10.3. The Morgan fingerprint density at radius 3 is 2.40 bits per heavy atom. The highest BCUT2D eigenvalue weighted by molar-refractivity contribution is 5.58.